The van der Waals surface area contributed by atoms with Crippen molar-refractivity contribution in [3.63, 3.8) is 0 Å². The molecular formula is C16H17Cl2O2S. The van der Waals surface area contributed by atoms with E-state index in [-0.39, 0.29) is 0 Å². The molecule has 0 atom stereocenters. The number of hydrogen-bond donors (Lipinski definition) is 0. The highest BCUT2D eigenvalue weighted by Gasteiger charge is 2.22. The summed E-state index contributed by atoms with van der Waals surface area (Å²) in [6.45, 7) is 4.15. The van der Waals surface area contributed by atoms with Gasteiger partial charge in [0.2, 0.25) is 0 Å². The van der Waals surface area contributed by atoms with E-state index in [1.807, 2.05) is 0 Å². The standard InChI is InChI=1S/C16H17Cl2O2S/c1-10(2)13-8-9-14(16(18)15(13)17)11-4-6-12(7-5-11)21(3,19)20/h4-8,10H,9H2,1-3H3. The van der Waals surface area contributed by atoms with E-state index in [9.17, 15) is 8.42 Å². The van der Waals surface area contributed by atoms with Crippen LogP contribution in [0.5, 0.6) is 0 Å². The number of rotatable bonds is 3. The Labute approximate surface area is 136 Å². The monoisotopic (exact) mass is 343 g/mol. The van der Waals surface area contributed by atoms with Crippen LogP contribution in [0.25, 0.3) is 5.57 Å². The quantitative estimate of drug-likeness (QED) is 0.789. The fourth-order valence-corrected chi connectivity index (χ4v) is 3.62. The van der Waals surface area contributed by atoms with Crippen molar-refractivity contribution in [3.05, 3.63) is 51.9 Å². The average molecular weight is 344 g/mol. The van der Waals surface area contributed by atoms with Crippen LogP contribution in [0.3, 0.4) is 0 Å². The Kier molecular flexibility index (Phi) is 4.86. The third-order valence-corrected chi connectivity index (χ3v) is 5.54. The molecule has 2 nitrogen and oxygen atoms in total. The summed E-state index contributed by atoms with van der Waals surface area (Å²) in [5, 5.41) is 1.13. The lowest BCUT2D eigenvalue weighted by atomic mass is 9.88. The first-order valence-corrected chi connectivity index (χ1v) is 9.29. The van der Waals surface area contributed by atoms with E-state index in [1.54, 1.807) is 24.3 Å². The van der Waals surface area contributed by atoms with Gasteiger partial charge in [-0.1, -0.05) is 49.2 Å². The van der Waals surface area contributed by atoms with E-state index < -0.39 is 9.84 Å². The maximum absolute atomic E-state index is 11.5. The van der Waals surface area contributed by atoms with E-state index in [4.69, 9.17) is 23.2 Å². The van der Waals surface area contributed by atoms with Gasteiger partial charge in [-0.2, -0.15) is 0 Å². The molecule has 0 aliphatic heterocycles. The first-order chi connectivity index (χ1) is 9.71. The average Bonchev–Trinajstić information content (AvgIpc) is 2.40. The number of hydrogen-bond acceptors (Lipinski definition) is 2. The van der Waals surface area contributed by atoms with E-state index in [0.29, 0.717) is 27.3 Å². The van der Waals surface area contributed by atoms with Crippen LogP contribution in [0, 0.1) is 12.3 Å². The van der Waals surface area contributed by atoms with Gasteiger partial charge in [0.25, 0.3) is 0 Å². The number of allylic oxidation sites excluding steroid dienone is 4. The summed E-state index contributed by atoms with van der Waals surface area (Å²) in [6, 6.07) is 6.73. The van der Waals surface area contributed by atoms with Crippen molar-refractivity contribution >= 4 is 38.6 Å². The molecule has 1 aromatic carbocycles. The van der Waals surface area contributed by atoms with Gasteiger partial charge in [-0.25, -0.2) is 8.42 Å². The molecule has 0 N–H and O–H groups in total. The van der Waals surface area contributed by atoms with Crippen molar-refractivity contribution in [2.24, 2.45) is 5.92 Å². The van der Waals surface area contributed by atoms with Crippen LogP contribution in [-0.4, -0.2) is 14.7 Å². The first-order valence-electron chi connectivity index (χ1n) is 6.64. The predicted molar refractivity (Wildman–Crippen MR) is 89.0 cm³/mol. The summed E-state index contributed by atoms with van der Waals surface area (Å²) < 4.78 is 23.0. The zero-order valence-corrected chi connectivity index (χ0v) is 14.5. The van der Waals surface area contributed by atoms with Crippen molar-refractivity contribution in [1.29, 1.82) is 0 Å². The number of benzene rings is 1. The third kappa shape index (κ3) is 3.53. The smallest absolute Gasteiger partial charge is 0.175 e. The minimum absolute atomic E-state index is 0.298. The molecule has 0 aromatic heterocycles. The maximum Gasteiger partial charge on any atom is 0.175 e. The Morgan fingerprint density at radius 3 is 2.10 bits per heavy atom. The van der Waals surface area contributed by atoms with Crippen LogP contribution >= 0.6 is 23.2 Å². The van der Waals surface area contributed by atoms with Gasteiger partial charge in [-0.15, -0.1) is 0 Å². The highest BCUT2D eigenvalue weighted by molar-refractivity contribution is 7.90. The topological polar surface area (TPSA) is 34.1 Å². The fourth-order valence-electron chi connectivity index (χ4n) is 2.29. The summed E-state index contributed by atoms with van der Waals surface area (Å²) in [6.07, 6.45) is 3.97. The summed E-state index contributed by atoms with van der Waals surface area (Å²) in [5.74, 6) is 0.320. The Balaban J connectivity index is 2.44. The van der Waals surface area contributed by atoms with Crippen LogP contribution in [0.15, 0.2) is 44.8 Å². The summed E-state index contributed by atoms with van der Waals surface area (Å²) in [5.41, 5.74) is 2.87. The van der Waals surface area contributed by atoms with Crippen molar-refractivity contribution in [2.75, 3.05) is 6.26 Å². The van der Waals surface area contributed by atoms with Gasteiger partial charge in [-0.05, 0) is 47.6 Å². The third-order valence-electron chi connectivity index (χ3n) is 3.49. The molecule has 0 saturated heterocycles. The number of halogens is 2. The number of sulfone groups is 1. The molecule has 0 heterocycles. The van der Waals surface area contributed by atoms with Crippen molar-refractivity contribution < 1.29 is 8.42 Å². The molecule has 0 unspecified atom stereocenters. The molecule has 1 aromatic rings. The van der Waals surface area contributed by atoms with Crippen LogP contribution in [0.2, 0.25) is 0 Å². The fraction of sp³-hybridized carbons (Fsp3) is 0.312. The van der Waals surface area contributed by atoms with Crippen LogP contribution < -0.4 is 0 Å². The second kappa shape index (κ2) is 6.15. The highest BCUT2D eigenvalue weighted by Crippen LogP contribution is 2.41. The van der Waals surface area contributed by atoms with Crippen LogP contribution in [0.1, 0.15) is 25.8 Å². The summed E-state index contributed by atoms with van der Waals surface area (Å²) in [4.78, 5) is 0.298. The molecule has 5 heteroatoms. The molecule has 2 rings (SSSR count). The van der Waals surface area contributed by atoms with E-state index in [2.05, 4.69) is 20.3 Å². The van der Waals surface area contributed by atoms with Crippen molar-refractivity contribution in [3.8, 4) is 0 Å². The largest absolute Gasteiger partial charge is 0.224 e. The minimum Gasteiger partial charge on any atom is -0.224 e. The van der Waals surface area contributed by atoms with Crippen molar-refractivity contribution in [1.82, 2.24) is 0 Å². The molecule has 0 saturated carbocycles. The van der Waals surface area contributed by atoms with Gasteiger partial charge >= 0.3 is 0 Å². The maximum atomic E-state index is 11.5. The van der Waals surface area contributed by atoms with E-state index >= 15 is 0 Å². The van der Waals surface area contributed by atoms with Gasteiger partial charge in [0.15, 0.2) is 9.84 Å². The first kappa shape index (κ1) is 16.6. The highest BCUT2D eigenvalue weighted by atomic mass is 35.5. The van der Waals surface area contributed by atoms with Gasteiger partial charge in [0.05, 0.1) is 15.0 Å². The Hall–Kier alpha value is -0.770. The molecular weight excluding hydrogens is 327 g/mol. The lowest BCUT2D eigenvalue weighted by Gasteiger charge is -2.22. The second-order valence-electron chi connectivity index (χ2n) is 5.42. The normalized spacial score (nSPS) is 16.9. The zero-order chi connectivity index (χ0) is 15.8. The van der Waals surface area contributed by atoms with E-state index in [0.717, 1.165) is 16.7 Å². The van der Waals surface area contributed by atoms with Crippen LogP contribution in [0.4, 0.5) is 0 Å². The minimum atomic E-state index is -3.19. The lowest BCUT2D eigenvalue weighted by Crippen LogP contribution is -2.06. The Bertz CT molecular complexity index is 711. The zero-order valence-electron chi connectivity index (χ0n) is 12.2. The summed E-state index contributed by atoms with van der Waals surface area (Å²) >= 11 is 12.7. The van der Waals surface area contributed by atoms with E-state index in [1.165, 1.54) is 6.26 Å². The van der Waals surface area contributed by atoms with Gasteiger partial charge in [0.1, 0.15) is 0 Å². The second-order valence-corrected chi connectivity index (χ2v) is 8.19. The van der Waals surface area contributed by atoms with Gasteiger partial charge < -0.3 is 0 Å². The molecule has 0 amide bonds. The molecule has 0 spiro atoms. The summed E-state index contributed by atoms with van der Waals surface area (Å²) in [7, 11) is -3.19. The molecule has 113 valence electrons. The Morgan fingerprint density at radius 1 is 1.05 bits per heavy atom. The molecule has 21 heavy (non-hydrogen) atoms. The lowest BCUT2D eigenvalue weighted by molar-refractivity contribution is 0.602. The molecule has 0 fully saturated rings. The molecule has 0 bridgehead atoms. The van der Waals surface area contributed by atoms with Crippen LogP contribution in [-0.2, 0) is 9.84 Å². The van der Waals surface area contributed by atoms with Crippen molar-refractivity contribution in [2.45, 2.75) is 25.2 Å². The SMILES string of the molecule is CC(C)C1=C(Cl)C(Cl)=C(c2ccc(S(C)(=O)=O)cc2)C[CH]1. The molecule has 1 aliphatic rings. The molecule has 1 aliphatic carbocycles. The molecule has 1 radical (unpaired) electrons. The van der Waals surface area contributed by atoms with Gasteiger partial charge in [0, 0.05) is 6.26 Å². The Morgan fingerprint density at radius 2 is 1.62 bits per heavy atom. The predicted octanol–water partition coefficient (Wildman–Crippen LogP) is 4.80. The van der Waals surface area contributed by atoms with Gasteiger partial charge in [-0.3, -0.25) is 0 Å².